The van der Waals surface area contributed by atoms with Gasteiger partial charge in [0.05, 0.1) is 44.1 Å². The van der Waals surface area contributed by atoms with Gasteiger partial charge < -0.3 is 22.7 Å². The van der Waals surface area contributed by atoms with E-state index in [2.05, 4.69) is 426 Å². The number of hydrogen-bond donors (Lipinski definition) is 0. The zero-order chi connectivity index (χ0) is 76.6. The average Bonchev–Trinajstić information content (AvgIpc) is 1.57. The summed E-state index contributed by atoms with van der Waals surface area (Å²) in [5.41, 5.74) is 33.0. The van der Waals surface area contributed by atoms with Crippen LogP contribution in [-0.4, -0.2) is 18.3 Å². The van der Waals surface area contributed by atoms with Gasteiger partial charge in [0.1, 0.15) is 11.2 Å². The second kappa shape index (κ2) is 27.0. The summed E-state index contributed by atoms with van der Waals surface area (Å²) in [5, 5.41) is 14.9. The normalized spacial score (nSPS) is 11.9. The highest BCUT2D eigenvalue weighted by Gasteiger charge is 2.23. The Kier molecular flexibility index (Phi) is 15.6. The van der Waals surface area contributed by atoms with Gasteiger partial charge in [-0.3, -0.25) is 0 Å². The number of aryl methyl sites for hydroxylation is 2. The monoisotopic (exact) mass is 1500 g/mol. The Morgan fingerprint density at radius 2 is 0.500 bits per heavy atom. The Balaban J connectivity index is 0.000000137. The molecule has 0 N–H and O–H groups in total. The molecule has 24 rings (SSSR count). The molecule has 24 aromatic rings. The second-order valence-corrected chi connectivity index (χ2v) is 31.9. The molecular formula is C110H72N4OS. The van der Waals surface area contributed by atoms with Gasteiger partial charge in [-0.25, -0.2) is 0 Å². The van der Waals surface area contributed by atoms with Crippen molar-refractivity contribution in [1.82, 2.24) is 18.3 Å². The largest absolute Gasteiger partial charge is 0.455 e. The quantitative estimate of drug-likeness (QED) is 0.134. The number of benzene rings is 18. The van der Waals surface area contributed by atoms with Gasteiger partial charge in [0.15, 0.2) is 0 Å². The SMILES string of the molecule is Cc1cc(-c2ccc3c(c2)c2ccccc2n3-c2ccccc2)cc(-c2ccc3c(c2)c2cc(-c4cccc5c4oc4ccccc45)ccc2n3-c2ccccc2)c1.Cc1cc(-c2ccc3c(c2)c2ccccc2n3-c2ccccc2)cc(-c2ccc3c(c2)c2cc(-c4cccc5c4sc4ccccc45)ccc2n3-c2ccccc2)c1. The first-order valence-corrected chi connectivity index (χ1v) is 40.6. The van der Waals surface area contributed by atoms with Gasteiger partial charge >= 0.3 is 0 Å². The van der Waals surface area contributed by atoms with Crippen LogP contribution in [0.4, 0.5) is 0 Å². The summed E-state index contributed by atoms with van der Waals surface area (Å²) in [7, 11) is 0. The number of furan rings is 1. The Morgan fingerprint density at radius 3 is 0.922 bits per heavy atom. The van der Waals surface area contributed by atoms with Crippen molar-refractivity contribution < 1.29 is 4.42 Å². The van der Waals surface area contributed by atoms with E-state index in [1.165, 1.54) is 186 Å². The smallest absolute Gasteiger partial charge is 0.143 e. The number of fused-ring (bicyclic) bond motifs is 18. The van der Waals surface area contributed by atoms with Gasteiger partial charge in [0.25, 0.3) is 0 Å². The van der Waals surface area contributed by atoms with Crippen molar-refractivity contribution >= 4 is 141 Å². The minimum atomic E-state index is 0.910. The van der Waals surface area contributed by atoms with Gasteiger partial charge in [-0.2, -0.15) is 0 Å². The van der Waals surface area contributed by atoms with Gasteiger partial charge in [-0.15, -0.1) is 11.3 Å². The maximum Gasteiger partial charge on any atom is 0.143 e. The first kappa shape index (κ1) is 66.9. The average molecular weight is 1500 g/mol. The number of thiophene rings is 1. The van der Waals surface area contributed by atoms with E-state index in [-0.39, 0.29) is 0 Å². The maximum absolute atomic E-state index is 6.51. The summed E-state index contributed by atoms with van der Waals surface area (Å²) < 4.78 is 18.7. The van der Waals surface area contributed by atoms with Crippen LogP contribution in [0.3, 0.4) is 0 Å². The number of nitrogens with zero attached hydrogens (tertiary/aromatic N) is 4. The van der Waals surface area contributed by atoms with E-state index < -0.39 is 0 Å². The first-order chi connectivity index (χ1) is 57.3. The molecule has 116 heavy (non-hydrogen) atoms. The predicted octanol–water partition coefficient (Wildman–Crippen LogP) is 30.6. The summed E-state index contributed by atoms with van der Waals surface area (Å²) in [4.78, 5) is 0. The van der Waals surface area contributed by atoms with E-state index in [0.717, 1.165) is 44.4 Å². The fourth-order valence-electron chi connectivity index (χ4n) is 18.6. The molecule has 0 atom stereocenters. The van der Waals surface area contributed by atoms with Crippen molar-refractivity contribution in [2.24, 2.45) is 0 Å². The lowest BCUT2D eigenvalue weighted by molar-refractivity contribution is 0.670. The number of rotatable bonds is 10. The van der Waals surface area contributed by atoms with Crippen LogP contribution in [0, 0.1) is 13.8 Å². The molecule has 6 heterocycles. The van der Waals surface area contributed by atoms with Gasteiger partial charge in [-0.1, -0.05) is 243 Å². The maximum atomic E-state index is 6.51. The van der Waals surface area contributed by atoms with Crippen LogP contribution in [0.15, 0.2) is 405 Å². The van der Waals surface area contributed by atoms with E-state index in [1.54, 1.807) is 0 Å². The number of para-hydroxylation sites is 8. The lowest BCUT2D eigenvalue weighted by Gasteiger charge is -2.11. The number of hydrogen-bond acceptors (Lipinski definition) is 2. The molecule has 0 radical (unpaired) electrons. The molecule has 0 amide bonds. The van der Waals surface area contributed by atoms with E-state index in [9.17, 15) is 0 Å². The van der Waals surface area contributed by atoms with Crippen LogP contribution in [0.1, 0.15) is 11.1 Å². The molecule has 0 saturated heterocycles. The minimum absolute atomic E-state index is 0.910. The minimum Gasteiger partial charge on any atom is -0.455 e. The molecule has 0 bridgehead atoms. The predicted molar refractivity (Wildman–Crippen MR) is 492 cm³/mol. The second-order valence-electron chi connectivity index (χ2n) is 30.8. The van der Waals surface area contributed by atoms with Crippen LogP contribution in [0.2, 0.25) is 0 Å². The fourth-order valence-corrected chi connectivity index (χ4v) is 19.9. The molecule has 0 saturated carbocycles. The molecule has 6 aromatic heterocycles. The summed E-state index contributed by atoms with van der Waals surface area (Å²) in [6, 6.07) is 146. The summed E-state index contributed by atoms with van der Waals surface area (Å²) in [5.74, 6) is 0. The molecule has 544 valence electrons. The lowest BCUT2D eigenvalue weighted by atomic mass is 9.94. The molecule has 0 aliphatic carbocycles. The van der Waals surface area contributed by atoms with E-state index in [1.807, 2.05) is 17.4 Å². The highest BCUT2D eigenvalue weighted by Crippen LogP contribution is 2.47. The highest BCUT2D eigenvalue weighted by molar-refractivity contribution is 7.26. The Hall–Kier alpha value is -14.8. The Bertz CT molecular complexity index is 7610. The molecule has 0 aliphatic rings. The van der Waals surface area contributed by atoms with Crippen LogP contribution < -0.4 is 0 Å². The Labute approximate surface area is 673 Å². The van der Waals surface area contributed by atoms with E-state index in [0.29, 0.717) is 0 Å². The van der Waals surface area contributed by atoms with Crippen molar-refractivity contribution in [3.8, 4) is 89.5 Å². The zero-order valence-corrected chi connectivity index (χ0v) is 64.5. The Morgan fingerprint density at radius 1 is 0.198 bits per heavy atom. The molecule has 6 heteroatoms. The van der Waals surface area contributed by atoms with Crippen LogP contribution in [0.5, 0.6) is 0 Å². The van der Waals surface area contributed by atoms with E-state index >= 15 is 0 Å². The number of aromatic nitrogens is 4. The highest BCUT2D eigenvalue weighted by atomic mass is 32.1. The van der Waals surface area contributed by atoms with Gasteiger partial charge in [-0.05, 0) is 244 Å². The van der Waals surface area contributed by atoms with Crippen LogP contribution >= 0.6 is 11.3 Å². The van der Waals surface area contributed by atoms with Crippen LogP contribution in [-0.2, 0) is 0 Å². The molecule has 5 nitrogen and oxygen atoms in total. The summed E-state index contributed by atoms with van der Waals surface area (Å²) in [6.07, 6.45) is 0. The topological polar surface area (TPSA) is 32.9 Å². The molecule has 0 spiro atoms. The molecule has 18 aromatic carbocycles. The van der Waals surface area contributed by atoms with Gasteiger partial charge in [0.2, 0.25) is 0 Å². The third kappa shape index (κ3) is 11.0. The van der Waals surface area contributed by atoms with Crippen molar-refractivity contribution in [3.63, 3.8) is 0 Å². The zero-order valence-electron chi connectivity index (χ0n) is 63.7. The lowest BCUT2D eigenvalue weighted by Crippen LogP contribution is -1.93. The fraction of sp³-hybridized carbons (Fsp3) is 0.0182. The van der Waals surface area contributed by atoms with Gasteiger partial charge in [0, 0.05) is 102 Å². The summed E-state index contributed by atoms with van der Waals surface area (Å²) in [6.45, 7) is 4.42. The molecular weight excluding hydrogens is 1430 g/mol. The van der Waals surface area contributed by atoms with Crippen molar-refractivity contribution in [2.45, 2.75) is 13.8 Å². The molecule has 0 aliphatic heterocycles. The first-order valence-electron chi connectivity index (χ1n) is 39.8. The molecule has 0 fully saturated rings. The van der Waals surface area contributed by atoms with Crippen LogP contribution in [0.25, 0.3) is 219 Å². The van der Waals surface area contributed by atoms with E-state index in [4.69, 9.17) is 4.42 Å². The molecule has 0 unspecified atom stereocenters. The van der Waals surface area contributed by atoms with Crippen molar-refractivity contribution in [3.05, 3.63) is 412 Å². The standard InChI is InChI=1S/C55H36N2O.C55H36N2S/c2*1-35-29-39(36-23-26-51-47(32-36)44-17-8-10-21-50(44)56(51)41-13-4-2-5-14-41)31-40(30-35)37-24-27-52-48(33-37)49-34-38(25-28-53(49)57(52)42-15-6-3-7-16-42)43-19-12-20-46-45-18-9-11-22-54(45)58-55(43)46/h2*2-34H,1H3. The third-order valence-electron chi connectivity index (χ3n) is 23.9. The summed E-state index contributed by atoms with van der Waals surface area (Å²) >= 11 is 1.89. The van der Waals surface area contributed by atoms with Crippen molar-refractivity contribution in [2.75, 3.05) is 0 Å². The van der Waals surface area contributed by atoms with Crippen molar-refractivity contribution in [1.29, 1.82) is 0 Å². The third-order valence-corrected chi connectivity index (χ3v) is 25.1.